The van der Waals surface area contributed by atoms with E-state index in [2.05, 4.69) is 17.6 Å². The zero-order valence-corrected chi connectivity index (χ0v) is 9.25. The second-order valence-electron chi connectivity index (χ2n) is 3.31. The summed E-state index contributed by atoms with van der Waals surface area (Å²) in [7, 11) is 0. The number of furan rings is 1. The van der Waals surface area contributed by atoms with E-state index in [9.17, 15) is 4.79 Å². The molecule has 0 aliphatic heterocycles. The van der Waals surface area contributed by atoms with Gasteiger partial charge >= 0.3 is 0 Å². The molecule has 0 saturated carbocycles. The van der Waals surface area contributed by atoms with Gasteiger partial charge in [0.2, 0.25) is 5.91 Å². The zero-order chi connectivity index (χ0) is 11.1. The summed E-state index contributed by atoms with van der Waals surface area (Å²) >= 11 is 0. The normalized spacial score (nSPS) is 12.4. The highest BCUT2D eigenvalue weighted by molar-refractivity contribution is 5.77. The minimum atomic E-state index is 0.0162. The standard InChI is InChI=1S/C11H18N2O2/c1-3-9(10-6-5-7-15-10)13-8-11(14)12-4-2/h5-7,9,13H,3-4,8H2,1-2H3,(H,12,14). The van der Waals surface area contributed by atoms with E-state index < -0.39 is 0 Å². The first-order valence-electron chi connectivity index (χ1n) is 5.31. The number of nitrogens with one attached hydrogen (secondary N) is 2. The molecule has 1 aromatic rings. The summed E-state index contributed by atoms with van der Waals surface area (Å²) in [6.45, 7) is 4.95. The van der Waals surface area contributed by atoms with Crippen LogP contribution in [0.15, 0.2) is 22.8 Å². The van der Waals surface area contributed by atoms with Gasteiger partial charge in [0.05, 0.1) is 18.8 Å². The largest absolute Gasteiger partial charge is 0.468 e. The van der Waals surface area contributed by atoms with E-state index in [1.165, 1.54) is 0 Å². The van der Waals surface area contributed by atoms with Gasteiger partial charge in [-0.2, -0.15) is 0 Å². The second-order valence-corrected chi connectivity index (χ2v) is 3.31. The molecule has 0 aromatic carbocycles. The SMILES string of the molecule is CCNC(=O)CNC(CC)c1ccco1. The Bertz CT molecular complexity index is 283. The summed E-state index contributed by atoms with van der Waals surface area (Å²) in [5, 5.41) is 5.89. The molecule has 0 spiro atoms. The summed E-state index contributed by atoms with van der Waals surface area (Å²) in [6, 6.07) is 3.88. The monoisotopic (exact) mass is 210 g/mol. The van der Waals surface area contributed by atoms with E-state index in [1.807, 2.05) is 19.1 Å². The number of carbonyl (C=O) groups is 1. The number of hydrogen-bond acceptors (Lipinski definition) is 3. The van der Waals surface area contributed by atoms with E-state index in [4.69, 9.17) is 4.42 Å². The lowest BCUT2D eigenvalue weighted by molar-refractivity contribution is -0.120. The van der Waals surface area contributed by atoms with Crippen molar-refractivity contribution >= 4 is 5.91 Å². The first-order valence-corrected chi connectivity index (χ1v) is 5.31. The molecule has 1 heterocycles. The molecule has 1 rings (SSSR count). The second kappa shape index (κ2) is 6.24. The van der Waals surface area contributed by atoms with Crippen molar-refractivity contribution in [2.45, 2.75) is 26.3 Å². The van der Waals surface area contributed by atoms with Gasteiger partial charge in [-0.05, 0) is 25.5 Å². The molecule has 1 atom stereocenters. The molecule has 0 aliphatic rings. The lowest BCUT2D eigenvalue weighted by Crippen LogP contribution is -2.35. The van der Waals surface area contributed by atoms with Crippen LogP contribution in [0.1, 0.15) is 32.1 Å². The van der Waals surface area contributed by atoms with Gasteiger partial charge in [-0.1, -0.05) is 6.92 Å². The molecule has 4 nitrogen and oxygen atoms in total. The van der Waals surface area contributed by atoms with Crippen LogP contribution in [0.3, 0.4) is 0 Å². The third kappa shape index (κ3) is 3.75. The minimum absolute atomic E-state index is 0.0162. The Morgan fingerprint density at radius 3 is 2.87 bits per heavy atom. The Morgan fingerprint density at radius 1 is 1.53 bits per heavy atom. The maximum Gasteiger partial charge on any atom is 0.233 e. The zero-order valence-electron chi connectivity index (χ0n) is 9.25. The third-order valence-corrected chi connectivity index (χ3v) is 2.18. The molecule has 2 N–H and O–H groups in total. The predicted octanol–water partition coefficient (Wildman–Crippen LogP) is 1.46. The van der Waals surface area contributed by atoms with Crippen LogP contribution in [0.2, 0.25) is 0 Å². The fourth-order valence-electron chi connectivity index (χ4n) is 1.41. The lowest BCUT2D eigenvalue weighted by Gasteiger charge is -2.13. The first kappa shape index (κ1) is 11.8. The van der Waals surface area contributed by atoms with Gasteiger partial charge in [-0.15, -0.1) is 0 Å². The quantitative estimate of drug-likeness (QED) is 0.747. The first-order chi connectivity index (χ1) is 7.27. The van der Waals surface area contributed by atoms with Crippen LogP contribution in [0.4, 0.5) is 0 Å². The smallest absolute Gasteiger partial charge is 0.233 e. The van der Waals surface area contributed by atoms with E-state index in [0.717, 1.165) is 12.2 Å². The van der Waals surface area contributed by atoms with Crippen LogP contribution in [0, 0.1) is 0 Å². The number of hydrogen-bond donors (Lipinski definition) is 2. The molecular formula is C11H18N2O2. The van der Waals surface area contributed by atoms with Crippen molar-refractivity contribution in [1.82, 2.24) is 10.6 Å². The molecule has 15 heavy (non-hydrogen) atoms. The van der Waals surface area contributed by atoms with E-state index in [0.29, 0.717) is 13.1 Å². The molecule has 84 valence electrons. The molecular weight excluding hydrogens is 192 g/mol. The molecule has 0 saturated heterocycles. The van der Waals surface area contributed by atoms with Crippen molar-refractivity contribution in [3.8, 4) is 0 Å². The summed E-state index contributed by atoms with van der Waals surface area (Å²) in [5.41, 5.74) is 0. The number of likely N-dealkylation sites (N-methyl/N-ethyl adjacent to an activating group) is 1. The van der Waals surface area contributed by atoms with Crippen molar-refractivity contribution in [3.05, 3.63) is 24.2 Å². The summed E-state index contributed by atoms with van der Waals surface area (Å²) in [6.07, 6.45) is 2.54. The van der Waals surface area contributed by atoms with Gasteiger partial charge in [0.1, 0.15) is 5.76 Å². The topological polar surface area (TPSA) is 54.3 Å². The van der Waals surface area contributed by atoms with E-state index in [1.54, 1.807) is 6.26 Å². The van der Waals surface area contributed by atoms with Gasteiger partial charge in [0.15, 0.2) is 0 Å². The Balaban J connectivity index is 2.38. The van der Waals surface area contributed by atoms with Crippen LogP contribution in [0.5, 0.6) is 0 Å². The maximum atomic E-state index is 11.2. The fourth-order valence-corrected chi connectivity index (χ4v) is 1.41. The van der Waals surface area contributed by atoms with E-state index in [-0.39, 0.29) is 11.9 Å². The van der Waals surface area contributed by atoms with Crippen molar-refractivity contribution in [2.24, 2.45) is 0 Å². The van der Waals surface area contributed by atoms with Crippen molar-refractivity contribution in [1.29, 1.82) is 0 Å². The molecule has 0 radical (unpaired) electrons. The summed E-state index contributed by atoms with van der Waals surface area (Å²) in [5.74, 6) is 0.893. The summed E-state index contributed by atoms with van der Waals surface area (Å²) in [4.78, 5) is 11.2. The highest BCUT2D eigenvalue weighted by Crippen LogP contribution is 2.15. The van der Waals surface area contributed by atoms with Crippen molar-refractivity contribution in [2.75, 3.05) is 13.1 Å². The highest BCUT2D eigenvalue weighted by atomic mass is 16.3. The average Bonchev–Trinajstić information content (AvgIpc) is 2.72. The Morgan fingerprint density at radius 2 is 2.33 bits per heavy atom. The average molecular weight is 210 g/mol. The Kier molecular flexibility index (Phi) is 4.90. The van der Waals surface area contributed by atoms with Crippen LogP contribution in [-0.2, 0) is 4.79 Å². The van der Waals surface area contributed by atoms with Gasteiger partial charge in [0, 0.05) is 6.54 Å². The number of amides is 1. The predicted molar refractivity (Wildman–Crippen MR) is 58.4 cm³/mol. The van der Waals surface area contributed by atoms with Gasteiger partial charge in [0.25, 0.3) is 0 Å². The van der Waals surface area contributed by atoms with Gasteiger partial charge in [-0.25, -0.2) is 0 Å². The van der Waals surface area contributed by atoms with Crippen molar-refractivity contribution < 1.29 is 9.21 Å². The van der Waals surface area contributed by atoms with Crippen LogP contribution in [-0.4, -0.2) is 19.0 Å². The molecule has 0 bridgehead atoms. The van der Waals surface area contributed by atoms with Crippen LogP contribution >= 0.6 is 0 Å². The molecule has 0 aliphatic carbocycles. The summed E-state index contributed by atoms with van der Waals surface area (Å²) < 4.78 is 5.28. The number of carbonyl (C=O) groups excluding carboxylic acids is 1. The van der Waals surface area contributed by atoms with E-state index >= 15 is 0 Å². The molecule has 1 amide bonds. The molecule has 0 fully saturated rings. The highest BCUT2D eigenvalue weighted by Gasteiger charge is 2.12. The molecule has 4 heteroatoms. The minimum Gasteiger partial charge on any atom is -0.468 e. The molecule has 1 aromatic heterocycles. The van der Waals surface area contributed by atoms with Gasteiger partial charge in [-0.3, -0.25) is 10.1 Å². The van der Waals surface area contributed by atoms with Crippen LogP contribution < -0.4 is 10.6 Å². The number of rotatable bonds is 6. The van der Waals surface area contributed by atoms with Gasteiger partial charge < -0.3 is 9.73 Å². The third-order valence-electron chi connectivity index (χ3n) is 2.18. The van der Waals surface area contributed by atoms with Crippen molar-refractivity contribution in [3.63, 3.8) is 0 Å². The maximum absolute atomic E-state index is 11.2. The Labute approximate surface area is 90.0 Å². The molecule has 1 unspecified atom stereocenters. The lowest BCUT2D eigenvalue weighted by atomic mass is 10.2. The van der Waals surface area contributed by atoms with Crippen LogP contribution in [0.25, 0.3) is 0 Å². The fraction of sp³-hybridized carbons (Fsp3) is 0.545. The Hall–Kier alpha value is -1.29.